The fraction of sp³-hybridized carbons (Fsp3) is 1.00. The third-order valence-electron chi connectivity index (χ3n) is 1.89. The van der Waals surface area contributed by atoms with Crippen molar-refractivity contribution >= 4 is 0 Å². The van der Waals surface area contributed by atoms with E-state index in [1.807, 2.05) is 0 Å². The molecular formula is C9H16F4. The smallest absolute Gasteiger partial charge is 0.251 e. The summed E-state index contributed by atoms with van der Waals surface area (Å²) in [6, 6.07) is 0. The van der Waals surface area contributed by atoms with Crippen LogP contribution in [0.3, 0.4) is 0 Å². The third kappa shape index (κ3) is 8.06. The van der Waals surface area contributed by atoms with E-state index in [0.29, 0.717) is 19.3 Å². The molecule has 13 heavy (non-hydrogen) atoms. The molecule has 0 aromatic heterocycles. The molecular weight excluding hydrogens is 184 g/mol. The van der Waals surface area contributed by atoms with Crippen LogP contribution >= 0.6 is 0 Å². The lowest BCUT2D eigenvalue weighted by atomic mass is 10.1. The van der Waals surface area contributed by atoms with Crippen LogP contribution in [0.1, 0.15) is 38.5 Å². The molecule has 80 valence electrons. The molecule has 1 unspecified atom stereocenters. The number of unbranched alkanes of at least 4 members (excludes halogenated alkanes) is 4. The Kier molecular flexibility index (Phi) is 8.14. The lowest BCUT2D eigenvalue weighted by molar-refractivity contribution is 0.0440. The monoisotopic (exact) mass is 200 g/mol. The molecule has 0 saturated carbocycles. The zero-order valence-corrected chi connectivity index (χ0v) is 7.62. The maximum atomic E-state index is 12.3. The van der Waals surface area contributed by atoms with Crippen molar-refractivity contribution in [3.63, 3.8) is 0 Å². The van der Waals surface area contributed by atoms with Crippen LogP contribution in [0.25, 0.3) is 0 Å². The van der Waals surface area contributed by atoms with Gasteiger partial charge in [-0.2, -0.15) is 0 Å². The Labute approximate surface area is 76.3 Å². The molecule has 0 rings (SSSR count). The Morgan fingerprint density at radius 3 is 1.85 bits per heavy atom. The fourth-order valence-corrected chi connectivity index (χ4v) is 1.09. The first kappa shape index (κ1) is 12.7. The minimum absolute atomic E-state index is 0.0761. The van der Waals surface area contributed by atoms with E-state index in [-0.39, 0.29) is 13.1 Å². The summed E-state index contributed by atoms with van der Waals surface area (Å²) in [6.45, 7) is -0.331. The summed E-state index contributed by atoms with van der Waals surface area (Å²) < 4.78 is 47.1. The summed E-state index contributed by atoms with van der Waals surface area (Å²) in [5.74, 6) is 0. The number of hydrogen-bond acceptors (Lipinski definition) is 0. The second kappa shape index (κ2) is 8.32. The van der Waals surface area contributed by atoms with E-state index in [1.165, 1.54) is 0 Å². The Morgan fingerprint density at radius 2 is 1.31 bits per heavy atom. The summed E-state index contributed by atoms with van der Waals surface area (Å²) in [5.41, 5.74) is 0. The van der Waals surface area contributed by atoms with Gasteiger partial charge in [-0.05, 0) is 12.8 Å². The van der Waals surface area contributed by atoms with Crippen molar-refractivity contribution in [2.24, 2.45) is 0 Å². The lowest BCUT2D eigenvalue weighted by Crippen LogP contribution is -2.11. The minimum atomic E-state index is -2.86. The number of hydrogen-bond donors (Lipinski definition) is 0. The summed E-state index contributed by atoms with van der Waals surface area (Å²) >= 11 is 0. The van der Waals surface area contributed by atoms with E-state index in [2.05, 4.69) is 0 Å². The molecule has 0 fully saturated rings. The predicted molar refractivity (Wildman–Crippen MR) is 44.6 cm³/mol. The van der Waals surface area contributed by atoms with E-state index in [4.69, 9.17) is 0 Å². The van der Waals surface area contributed by atoms with Crippen LogP contribution in [0.5, 0.6) is 0 Å². The highest BCUT2D eigenvalue weighted by Crippen LogP contribution is 2.14. The normalized spacial score (nSPS) is 13.6. The van der Waals surface area contributed by atoms with Crippen LogP contribution in [0.2, 0.25) is 0 Å². The highest BCUT2D eigenvalue weighted by Gasteiger charge is 2.17. The first-order valence-corrected chi connectivity index (χ1v) is 4.66. The van der Waals surface area contributed by atoms with Gasteiger partial charge in [0.05, 0.1) is 6.67 Å². The van der Waals surface area contributed by atoms with Crippen molar-refractivity contribution in [2.45, 2.75) is 51.1 Å². The van der Waals surface area contributed by atoms with Crippen LogP contribution < -0.4 is 0 Å². The van der Waals surface area contributed by atoms with Crippen LogP contribution in [0.15, 0.2) is 0 Å². The van der Waals surface area contributed by atoms with Crippen molar-refractivity contribution in [3.8, 4) is 0 Å². The maximum absolute atomic E-state index is 12.3. The molecule has 0 aliphatic rings. The predicted octanol–water partition coefficient (Wildman–Crippen LogP) is 3.90. The number of rotatable bonds is 8. The first-order chi connectivity index (χ1) is 6.18. The van der Waals surface area contributed by atoms with Gasteiger partial charge in [-0.1, -0.05) is 25.7 Å². The standard InChI is InChI=1S/C9H16F4/c10-7-5-3-1-2-4-6-8(11)9(12)13/h8-9H,1-7H2. The summed E-state index contributed by atoms with van der Waals surface area (Å²) in [6.07, 6.45) is -1.64. The molecule has 0 aromatic rings. The van der Waals surface area contributed by atoms with Gasteiger partial charge >= 0.3 is 0 Å². The Morgan fingerprint density at radius 1 is 0.769 bits per heavy atom. The van der Waals surface area contributed by atoms with Gasteiger partial charge in [-0.3, -0.25) is 4.39 Å². The van der Waals surface area contributed by atoms with Crippen molar-refractivity contribution in [2.75, 3.05) is 6.67 Å². The van der Waals surface area contributed by atoms with Crippen molar-refractivity contribution in [1.29, 1.82) is 0 Å². The Hall–Kier alpha value is -0.280. The molecule has 0 radical (unpaired) electrons. The van der Waals surface area contributed by atoms with Gasteiger partial charge in [0.2, 0.25) is 0 Å². The van der Waals surface area contributed by atoms with Gasteiger partial charge in [0, 0.05) is 0 Å². The van der Waals surface area contributed by atoms with E-state index in [1.54, 1.807) is 0 Å². The molecule has 0 aliphatic carbocycles. The summed E-state index contributed by atoms with van der Waals surface area (Å²) in [4.78, 5) is 0. The molecule has 0 bridgehead atoms. The second-order valence-corrected chi connectivity index (χ2v) is 3.10. The van der Waals surface area contributed by atoms with Gasteiger partial charge in [-0.25, -0.2) is 13.2 Å². The molecule has 1 atom stereocenters. The Bertz CT molecular complexity index is 106. The number of alkyl halides is 4. The van der Waals surface area contributed by atoms with Crippen molar-refractivity contribution < 1.29 is 17.6 Å². The fourth-order valence-electron chi connectivity index (χ4n) is 1.09. The van der Waals surface area contributed by atoms with E-state index >= 15 is 0 Å². The molecule has 0 nitrogen and oxygen atoms in total. The average molecular weight is 200 g/mol. The van der Waals surface area contributed by atoms with Gasteiger partial charge in [0.15, 0.2) is 6.17 Å². The van der Waals surface area contributed by atoms with Gasteiger partial charge < -0.3 is 0 Å². The van der Waals surface area contributed by atoms with E-state index < -0.39 is 12.6 Å². The summed E-state index contributed by atoms with van der Waals surface area (Å²) in [7, 11) is 0. The van der Waals surface area contributed by atoms with Gasteiger partial charge in [0.1, 0.15) is 0 Å². The van der Waals surface area contributed by atoms with Crippen LogP contribution in [0, 0.1) is 0 Å². The van der Waals surface area contributed by atoms with Crippen LogP contribution in [-0.4, -0.2) is 19.3 Å². The van der Waals surface area contributed by atoms with E-state index in [9.17, 15) is 17.6 Å². The molecule has 0 heterocycles. The number of halogens is 4. The highest BCUT2D eigenvalue weighted by molar-refractivity contribution is 4.58. The van der Waals surface area contributed by atoms with Crippen molar-refractivity contribution in [1.82, 2.24) is 0 Å². The minimum Gasteiger partial charge on any atom is -0.251 e. The largest absolute Gasteiger partial charge is 0.269 e. The molecule has 0 spiro atoms. The third-order valence-corrected chi connectivity index (χ3v) is 1.89. The second-order valence-electron chi connectivity index (χ2n) is 3.10. The van der Waals surface area contributed by atoms with Crippen molar-refractivity contribution in [3.05, 3.63) is 0 Å². The van der Waals surface area contributed by atoms with E-state index in [0.717, 1.165) is 12.8 Å². The molecule has 0 aliphatic heterocycles. The summed E-state index contributed by atoms with van der Waals surface area (Å²) in [5, 5.41) is 0. The first-order valence-electron chi connectivity index (χ1n) is 4.66. The SMILES string of the molecule is FCCCCCCCC(F)C(F)F. The molecule has 0 N–H and O–H groups in total. The topological polar surface area (TPSA) is 0 Å². The zero-order valence-electron chi connectivity index (χ0n) is 7.62. The maximum Gasteiger partial charge on any atom is 0.269 e. The molecule has 0 amide bonds. The van der Waals surface area contributed by atoms with Crippen LogP contribution in [-0.2, 0) is 0 Å². The molecule has 4 heteroatoms. The van der Waals surface area contributed by atoms with Gasteiger partial charge in [-0.15, -0.1) is 0 Å². The van der Waals surface area contributed by atoms with Gasteiger partial charge in [0.25, 0.3) is 6.43 Å². The van der Waals surface area contributed by atoms with Crippen LogP contribution in [0.4, 0.5) is 17.6 Å². The molecule has 0 saturated heterocycles. The quantitative estimate of drug-likeness (QED) is 0.411. The zero-order chi connectivity index (χ0) is 10.1. The lowest BCUT2D eigenvalue weighted by Gasteiger charge is -2.05. The Balaban J connectivity index is 3.07. The highest BCUT2D eigenvalue weighted by atomic mass is 19.3. The molecule has 0 aromatic carbocycles. The average Bonchev–Trinajstić information content (AvgIpc) is 2.10.